The van der Waals surface area contributed by atoms with E-state index in [0.29, 0.717) is 11.3 Å². The molecule has 1 atom stereocenters. The van der Waals surface area contributed by atoms with Gasteiger partial charge in [0.15, 0.2) is 17.8 Å². The van der Waals surface area contributed by atoms with E-state index < -0.39 is 6.29 Å². The van der Waals surface area contributed by atoms with Crippen molar-refractivity contribution in [2.75, 3.05) is 7.11 Å². The van der Waals surface area contributed by atoms with Crippen LogP contribution in [0.25, 0.3) is 0 Å². The molecule has 1 rings (SSSR count). The molecule has 0 saturated carbocycles. The van der Waals surface area contributed by atoms with E-state index in [1.165, 1.54) is 0 Å². The number of nitrogens with zero attached hydrogens (tertiary/aromatic N) is 1. The zero-order chi connectivity index (χ0) is 17.0. The van der Waals surface area contributed by atoms with Gasteiger partial charge >= 0.3 is 0 Å². The Morgan fingerprint density at radius 3 is 2.14 bits per heavy atom. The number of ketones is 1. The number of carbonyl (C=O) groups is 1. The van der Waals surface area contributed by atoms with Crippen LogP contribution in [0.2, 0.25) is 0 Å². The quantitative estimate of drug-likeness (QED) is 0.378. The van der Waals surface area contributed by atoms with Gasteiger partial charge in [0, 0.05) is 13.5 Å². The van der Waals surface area contributed by atoms with Crippen LogP contribution in [0.4, 0.5) is 0 Å². The van der Waals surface area contributed by atoms with E-state index in [0.717, 1.165) is 22.3 Å². The normalized spacial score (nSPS) is 13.1. The highest BCUT2D eigenvalue weighted by atomic mass is 16.7. The number of benzene rings is 1. The highest BCUT2D eigenvalue weighted by Crippen LogP contribution is 2.34. The summed E-state index contributed by atoms with van der Waals surface area (Å²) < 4.78 is 11.0. The molecule has 1 aromatic carbocycles. The molecular formula is C17H25NO4. The number of carbonyl (C=O) groups excluding carboxylic acids is 1. The number of hydrogen-bond acceptors (Lipinski definition) is 5. The Hall–Kier alpha value is -1.88. The van der Waals surface area contributed by atoms with Crippen LogP contribution in [0.3, 0.4) is 0 Å². The molecule has 0 aliphatic rings. The van der Waals surface area contributed by atoms with Crippen LogP contribution in [0.1, 0.15) is 48.1 Å². The van der Waals surface area contributed by atoms with Crippen LogP contribution >= 0.6 is 0 Å². The summed E-state index contributed by atoms with van der Waals surface area (Å²) in [5.41, 5.74) is 4.49. The van der Waals surface area contributed by atoms with Crippen molar-refractivity contribution in [3.05, 3.63) is 27.8 Å². The molecule has 0 saturated heterocycles. The minimum Gasteiger partial charge on any atom is -0.464 e. The van der Waals surface area contributed by atoms with Gasteiger partial charge in [0.25, 0.3) is 0 Å². The minimum absolute atomic E-state index is 0.0319. The van der Waals surface area contributed by atoms with Gasteiger partial charge in [-0.05, 0) is 56.9 Å². The van der Waals surface area contributed by atoms with Crippen molar-refractivity contribution >= 4 is 11.5 Å². The Bertz CT molecular complexity index is 605. The molecular weight excluding hydrogens is 282 g/mol. The summed E-state index contributed by atoms with van der Waals surface area (Å²) in [4.78, 5) is 12.1. The summed E-state index contributed by atoms with van der Waals surface area (Å²) >= 11 is 0. The fraction of sp³-hybridized carbons (Fsp3) is 0.529. The van der Waals surface area contributed by atoms with Crippen molar-refractivity contribution in [3.63, 3.8) is 0 Å². The van der Waals surface area contributed by atoms with E-state index in [1.54, 1.807) is 21.0 Å². The molecule has 5 heteroatoms. The maximum absolute atomic E-state index is 12.1. The highest BCUT2D eigenvalue weighted by Gasteiger charge is 2.25. The van der Waals surface area contributed by atoms with Crippen LogP contribution < -0.4 is 4.74 Å². The Labute approximate surface area is 131 Å². The van der Waals surface area contributed by atoms with Crippen LogP contribution in [-0.4, -0.2) is 30.1 Å². The zero-order valence-corrected chi connectivity index (χ0v) is 14.4. The number of methoxy groups -OCH3 is 1. The number of ether oxygens (including phenoxy) is 2. The lowest BCUT2D eigenvalue weighted by Crippen LogP contribution is -2.22. The van der Waals surface area contributed by atoms with Crippen LogP contribution in [0.5, 0.6) is 5.75 Å². The molecule has 5 nitrogen and oxygen atoms in total. The predicted octanol–water partition coefficient (Wildman–Crippen LogP) is 3.45. The second-order valence-electron chi connectivity index (χ2n) is 5.35. The molecule has 1 N–H and O–H groups in total. The van der Waals surface area contributed by atoms with E-state index in [1.807, 2.05) is 27.7 Å². The van der Waals surface area contributed by atoms with Gasteiger partial charge in [0.05, 0.1) is 5.56 Å². The third kappa shape index (κ3) is 3.30. The van der Waals surface area contributed by atoms with Gasteiger partial charge in [-0.1, -0.05) is 12.1 Å². The van der Waals surface area contributed by atoms with E-state index in [2.05, 4.69) is 5.16 Å². The molecule has 22 heavy (non-hydrogen) atoms. The van der Waals surface area contributed by atoms with Gasteiger partial charge in [0.2, 0.25) is 0 Å². The minimum atomic E-state index is -0.476. The monoisotopic (exact) mass is 307 g/mol. The van der Waals surface area contributed by atoms with Crippen LogP contribution in [-0.2, 0) is 9.53 Å². The molecule has 1 aromatic rings. The number of hydrogen-bond donors (Lipinski definition) is 1. The first kappa shape index (κ1) is 18.2. The molecule has 0 fully saturated rings. The van der Waals surface area contributed by atoms with Gasteiger partial charge in [-0.2, -0.15) is 0 Å². The topological polar surface area (TPSA) is 68.1 Å². The summed E-state index contributed by atoms with van der Waals surface area (Å²) in [6.45, 7) is 11.3. The number of oxime groups is 1. The average molecular weight is 307 g/mol. The first-order chi connectivity index (χ1) is 10.3. The van der Waals surface area contributed by atoms with Crippen molar-refractivity contribution in [2.45, 2.75) is 54.3 Å². The molecule has 0 amide bonds. The Morgan fingerprint density at radius 1 is 1.14 bits per heavy atom. The van der Waals surface area contributed by atoms with Crippen molar-refractivity contribution in [3.8, 4) is 5.75 Å². The molecule has 0 bridgehead atoms. The molecule has 0 heterocycles. The predicted molar refractivity (Wildman–Crippen MR) is 86.1 cm³/mol. The first-order valence-electron chi connectivity index (χ1n) is 7.35. The van der Waals surface area contributed by atoms with Crippen molar-refractivity contribution < 1.29 is 19.5 Å². The van der Waals surface area contributed by atoms with Crippen LogP contribution in [0, 0.1) is 27.7 Å². The van der Waals surface area contributed by atoms with Crippen molar-refractivity contribution in [1.82, 2.24) is 0 Å². The molecule has 0 aliphatic heterocycles. The zero-order valence-electron chi connectivity index (χ0n) is 14.4. The summed E-state index contributed by atoms with van der Waals surface area (Å²) in [6, 6.07) is 0. The first-order valence-corrected chi connectivity index (χ1v) is 7.35. The second-order valence-corrected chi connectivity index (χ2v) is 5.35. The average Bonchev–Trinajstić information content (AvgIpc) is 2.53. The largest absolute Gasteiger partial charge is 0.464 e. The van der Waals surface area contributed by atoms with E-state index in [4.69, 9.17) is 9.47 Å². The molecule has 0 aliphatic carbocycles. The van der Waals surface area contributed by atoms with E-state index in [-0.39, 0.29) is 17.9 Å². The van der Waals surface area contributed by atoms with E-state index in [9.17, 15) is 10.0 Å². The fourth-order valence-electron chi connectivity index (χ4n) is 2.34. The SMILES string of the molecule is CCC(=O)/C(=N/O)c1c(C)c(C)c(C)c(C)c1OC(C)OC. The Morgan fingerprint density at radius 2 is 1.68 bits per heavy atom. The van der Waals surface area contributed by atoms with Gasteiger partial charge < -0.3 is 14.7 Å². The summed E-state index contributed by atoms with van der Waals surface area (Å²) in [5.74, 6) is 0.299. The second kappa shape index (κ2) is 7.40. The fourth-order valence-corrected chi connectivity index (χ4v) is 2.34. The lowest BCUT2D eigenvalue weighted by Gasteiger charge is -2.23. The number of rotatable bonds is 6. The standard InChI is InChI=1S/C17H25NO4/c1-8-14(19)16(18-20)15-11(4)9(2)10(3)12(5)17(15)22-13(6)21-7/h13,20H,8H2,1-7H3/b18-16-. The van der Waals surface area contributed by atoms with Gasteiger partial charge in [-0.3, -0.25) is 4.79 Å². The molecule has 0 spiro atoms. The van der Waals surface area contributed by atoms with E-state index >= 15 is 0 Å². The Balaban J connectivity index is 3.69. The maximum atomic E-state index is 12.1. The Kier molecular flexibility index (Phi) is 6.11. The lowest BCUT2D eigenvalue weighted by molar-refractivity contribution is -0.112. The van der Waals surface area contributed by atoms with Crippen molar-refractivity contribution in [2.24, 2.45) is 5.16 Å². The van der Waals surface area contributed by atoms with Gasteiger partial charge in [-0.25, -0.2) is 0 Å². The molecule has 0 aromatic heterocycles. The third-order valence-electron chi connectivity index (χ3n) is 4.17. The van der Waals surface area contributed by atoms with Crippen LogP contribution in [0.15, 0.2) is 5.16 Å². The molecule has 122 valence electrons. The third-order valence-corrected chi connectivity index (χ3v) is 4.17. The molecule has 1 unspecified atom stereocenters. The van der Waals surface area contributed by atoms with Gasteiger partial charge in [0.1, 0.15) is 5.75 Å². The lowest BCUT2D eigenvalue weighted by atomic mass is 9.89. The van der Waals surface area contributed by atoms with Crippen molar-refractivity contribution in [1.29, 1.82) is 0 Å². The smallest absolute Gasteiger partial charge is 0.196 e. The summed E-state index contributed by atoms with van der Waals surface area (Å²) in [5, 5.41) is 12.6. The highest BCUT2D eigenvalue weighted by molar-refractivity contribution is 6.47. The van der Waals surface area contributed by atoms with Gasteiger partial charge in [-0.15, -0.1) is 0 Å². The summed E-state index contributed by atoms with van der Waals surface area (Å²) in [6.07, 6.45) is -0.222. The maximum Gasteiger partial charge on any atom is 0.196 e. The summed E-state index contributed by atoms with van der Waals surface area (Å²) in [7, 11) is 1.55. The number of Topliss-reactive ketones (excluding diaryl/α,β-unsaturated/α-hetero) is 1. The molecule has 0 radical (unpaired) electrons.